The van der Waals surface area contributed by atoms with Crippen LogP contribution in [0.1, 0.15) is 19.3 Å². The molecule has 3 atom stereocenters. The molecule has 0 spiro atoms. The first-order chi connectivity index (χ1) is 5.79. The van der Waals surface area contributed by atoms with E-state index < -0.39 is 6.16 Å². The molecule has 0 bridgehead atoms. The Bertz CT molecular complexity index is 212. The van der Waals surface area contributed by atoms with Gasteiger partial charge in [-0.2, -0.15) is 0 Å². The second-order valence-electron chi connectivity index (χ2n) is 3.37. The number of allylic oxidation sites excluding steroid dienone is 1. The summed E-state index contributed by atoms with van der Waals surface area (Å²) in [6.07, 6.45) is 4.26. The number of hydrogen-bond donors (Lipinski definition) is 0. The van der Waals surface area contributed by atoms with Crippen LogP contribution in [0.15, 0.2) is 12.7 Å². The van der Waals surface area contributed by atoms with Crippen molar-refractivity contribution in [3.63, 3.8) is 0 Å². The molecule has 2 aliphatic rings. The summed E-state index contributed by atoms with van der Waals surface area (Å²) >= 11 is 0. The van der Waals surface area contributed by atoms with Gasteiger partial charge in [-0.1, -0.05) is 6.08 Å². The molecule has 1 heterocycles. The van der Waals surface area contributed by atoms with Crippen LogP contribution >= 0.6 is 0 Å². The summed E-state index contributed by atoms with van der Waals surface area (Å²) in [6, 6.07) is 0. The van der Waals surface area contributed by atoms with Gasteiger partial charge in [0.05, 0.1) is 0 Å². The van der Waals surface area contributed by atoms with E-state index in [0.717, 1.165) is 19.3 Å². The molecule has 0 amide bonds. The second-order valence-corrected chi connectivity index (χ2v) is 3.37. The SMILES string of the molecule is C=CC1CC[C@@H]2OC(=O)O[C@@H]2C1. The maximum absolute atomic E-state index is 10.7. The molecule has 1 saturated heterocycles. The minimum Gasteiger partial charge on any atom is -0.427 e. The third-order valence-electron chi connectivity index (χ3n) is 2.60. The van der Waals surface area contributed by atoms with Gasteiger partial charge in [-0.15, -0.1) is 6.58 Å². The van der Waals surface area contributed by atoms with Crippen LogP contribution in [0, 0.1) is 5.92 Å². The van der Waals surface area contributed by atoms with E-state index in [-0.39, 0.29) is 12.2 Å². The number of rotatable bonds is 1. The van der Waals surface area contributed by atoms with Crippen molar-refractivity contribution in [2.24, 2.45) is 5.92 Å². The van der Waals surface area contributed by atoms with E-state index in [1.165, 1.54) is 0 Å². The Morgan fingerprint density at radius 1 is 1.33 bits per heavy atom. The first kappa shape index (κ1) is 7.65. The molecule has 2 fully saturated rings. The number of carbonyl (C=O) groups excluding carboxylic acids is 1. The van der Waals surface area contributed by atoms with Crippen molar-refractivity contribution in [1.82, 2.24) is 0 Å². The van der Waals surface area contributed by atoms with E-state index in [9.17, 15) is 4.79 Å². The highest BCUT2D eigenvalue weighted by Gasteiger charge is 2.40. The van der Waals surface area contributed by atoms with Crippen LogP contribution in [0.4, 0.5) is 4.79 Å². The van der Waals surface area contributed by atoms with Crippen LogP contribution in [-0.2, 0) is 9.47 Å². The van der Waals surface area contributed by atoms with Gasteiger partial charge in [0.2, 0.25) is 0 Å². The van der Waals surface area contributed by atoms with Crippen LogP contribution in [0.5, 0.6) is 0 Å². The van der Waals surface area contributed by atoms with Gasteiger partial charge in [0.15, 0.2) is 0 Å². The van der Waals surface area contributed by atoms with Gasteiger partial charge in [-0.05, 0) is 25.2 Å². The summed E-state index contributed by atoms with van der Waals surface area (Å²) in [7, 11) is 0. The van der Waals surface area contributed by atoms with Crippen LogP contribution in [0.25, 0.3) is 0 Å². The van der Waals surface area contributed by atoms with Crippen LogP contribution in [-0.4, -0.2) is 18.4 Å². The lowest BCUT2D eigenvalue weighted by Crippen LogP contribution is -2.30. The third-order valence-corrected chi connectivity index (χ3v) is 2.60. The van der Waals surface area contributed by atoms with E-state index in [4.69, 9.17) is 9.47 Å². The average Bonchev–Trinajstić information content (AvgIpc) is 2.43. The molecule has 0 aromatic carbocycles. The molecule has 3 nitrogen and oxygen atoms in total. The van der Waals surface area contributed by atoms with Gasteiger partial charge in [-0.3, -0.25) is 0 Å². The van der Waals surface area contributed by atoms with Gasteiger partial charge in [-0.25, -0.2) is 4.79 Å². The maximum atomic E-state index is 10.7. The van der Waals surface area contributed by atoms with Gasteiger partial charge < -0.3 is 9.47 Å². The first-order valence-electron chi connectivity index (χ1n) is 4.29. The van der Waals surface area contributed by atoms with Crippen molar-refractivity contribution >= 4 is 6.16 Å². The summed E-state index contributed by atoms with van der Waals surface area (Å²) in [5.74, 6) is 0.487. The van der Waals surface area contributed by atoms with Gasteiger partial charge in [0, 0.05) is 0 Å². The van der Waals surface area contributed by atoms with Crippen molar-refractivity contribution in [2.45, 2.75) is 31.5 Å². The number of fused-ring (bicyclic) bond motifs is 1. The molecule has 66 valence electrons. The molecule has 3 heteroatoms. The van der Waals surface area contributed by atoms with E-state index in [2.05, 4.69) is 6.58 Å². The van der Waals surface area contributed by atoms with Crippen LogP contribution in [0.2, 0.25) is 0 Å². The molecule has 0 aromatic heterocycles. The van der Waals surface area contributed by atoms with Gasteiger partial charge in [0.1, 0.15) is 12.2 Å². The van der Waals surface area contributed by atoms with Crippen molar-refractivity contribution < 1.29 is 14.3 Å². The molecule has 1 aliphatic heterocycles. The molecule has 1 saturated carbocycles. The number of ether oxygens (including phenoxy) is 2. The minimum atomic E-state index is -0.505. The normalized spacial score (nSPS) is 39.7. The summed E-state index contributed by atoms with van der Waals surface area (Å²) in [5, 5.41) is 0. The van der Waals surface area contributed by atoms with Crippen molar-refractivity contribution in [2.75, 3.05) is 0 Å². The Morgan fingerprint density at radius 2 is 2.08 bits per heavy atom. The van der Waals surface area contributed by atoms with Crippen LogP contribution in [0.3, 0.4) is 0 Å². The monoisotopic (exact) mass is 168 g/mol. The van der Waals surface area contributed by atoms with E-state index >= 15 is 0 Å². The van der Waals surface area contributed by atoms with E-state index in [1.807, 2.05) is 6.08 Å². The summed E-state index contributed by atoms with van der Waals surface area (Å²) in [6.45, 7) is 3.74. The zero-order valence-electron chi connectivity index (χ0n) is 6.86. The molecule has 0 N–H and O–H groups in total. The predicted octanol–water partition coefficient (Wildman–Crippen LogP) is 1.88. The molecule has 12 heavy (non-hydrogen) atoms. The zero-order valence-corrected chi connectivity index (χ0v) is 6.86. The van der Waals surface area contributed by atoms with E-state index in [0.29, 0.717) is 5.92 Å². The third kappa shape index (κ3) is 1.19. The Balaban J connectivity index is 2.01. The summed E-state index contributed by atoms with van der Waals surface area (Å²) in [4.78, 5) is 10.7. The highest BCUT2D eigenvalue weighted by molar-refractivity contribution is 5.62. The fraction of sp³-hybridized carbons (Fsp3) is 0.667. The van der Waals surface area contributed by atoms with E-state index in [1.54, 1.807) is 0 Å². The Labute approximate surface area is 71.3 Å². The van der Waals surface area contributed by atoms with Crippen molar-refractivity contribution in [1.29, 1.82) is 0 Å². The lowest BCUT2D eigenvalue weighted by molar-refractivity contribution is 0.0932. The maximum Gasteiger partial charge on any atom is 0.509 e. The highest BCUT2D eigenvalue weighted by Crippen LogP contribution is 2.33. The molecule has 1 unspecified atom stereocenters. The van der Waals surface area contributed by atoms with Gasteiger partial charge >= 0.3 is 6.16 Å². The molecule has 2 rings (SSSR count). The second kappa shape index (κ2) is 2.81. The molecule has 0 aromatic rings. The topological polar surface area (TPSA) is 35.5 Å². The zero-order chi connectivity index (χ0) is 8.55. The molecule has 1 aliphatic carbocycles. The molecular formula is C9H12O3. The highest BCUT2D eigenvalue weighted by atomic mass is 16.8. The van der Waals surface area contributed by atoms with Crippen molar-refractivity contribution in [3.8, 4) is 0 Å². The lowest BCUT2D eigenvalue weighted by Gasteiger charge is -2.25. The minimum absolute atomic E-state index is 0.00806. The fourth-order valence-corrected chi connectivity index (χ4v) is 1.88. The number of hydrogen-bond acceptors (Lipinski definition) is 3. The summed E-state index contributed by atoms with van der Waals surface area (Å²) in [5.41, 5.74) is 0. The largest absolute Gasteiger partial charge is 0.509 e. The Morgan fingerprint density at radius 3 is 2.83 bits per heavy atom. The average molecular weight is 168 g/mol. The molecular weight excluding hydrogens is 156 g/mol. The fourth-order valence-electron chi connectivity index (χ4n) is 1.88. The lowest BCUT2D eigenvalue weighted by atomic mass is 9.86. The molecule has 0 radical (unpaired) electrons. The Kier molecular flexibility index (Phi) is 1.79. The van der Waals surface area contributed by atoms with Crippen LogP contribution < -0.4 is 0 Å². The first-order valence-corrected chi connectivity index (χ1v) is 4.29. The summed E-state index contributed by atoms with van der Waals surface area (Å²) < 4.78 is 9.95. The Hall–Kier alpha value is -0.990. The quantitative estimate of drug-likeness (QED) is 0.443. The van der Waals surface area contributed by atoms with Gasteiger partial charge in [0.25, 0.3) is 0 Å². The predicted molar refractivity (Wildman–Crippen MR) is 42.7 cm³/mol. The smallest absolute Gasteiger partial charge is 0.427 e. The number of carbonyl (C=O) groups is 1. The standard InChI is InChI=1S/C9H12O3/c1-2-6-3-4-7-8(5-6)12-9(10)11-7/h2,6-8H,1,3-5H2/t6?,7-,8+/m0/s1. The van der Waals surface area contributed by atoms with Crippen molar-refractivity contribution in [3.05, 3.63) is 12.7 Å².